The Morgan fingerprint density at radius 2 is 2.05 bits per heavy atom. The number of nitriles is 1. The van der Waals surface area contributed by atoms with Crippen LogP contribution in [0.25, 0.3) is 0 Å². The third kappa shape index (κ3) is 6.62. The van der Waals surface area contributed by atoms with E-state index < -0.39 is 43.3 Å². The molecule has 3 heterocycles. The summed E-state index contributed by atoms with van der Waals surface area (Å²) in [6.07, 6.45) is -3.96. The van der Waals surface area contributed by atoms with E-state index in [-0.39, 0.29) is 50.7 Å². The molecule has 1 amide bonds. The van der Waals surface area contributed by atoms with E-state index >= 15 is 0 Å². The summed E-state index contributed by atoms with van der Waals surface area (Å²) in [7, 11) is 0. The van der Waals surface area contributed by atoms with Gasteiger partial charge < -0.3 is 44.3 Å². The molecule has 38 heavy (non-hydrogen) atoms. The van der Waals surface area contributed by atoms with Gasteiger partial charge in [-0.15, -0.1) is 0 Å². The molecular formula is C23H28N6O9. The largest absolute Gasteiger partial charge is 0.484 e. The highest BCUT2D eigenvalue weighted by molar-refractivity contribution is 5.99. The first-order valence-electron chi connectivity index (χ1n) is 11.7. The highest BCUT2D eigenvalue weighted by atomic mass is 16.7. The summed E-state index contributed by atoms with van der Waals surface area (Å²) < 4.78 is 28.6. The zero-order chi connectivity index (χ0) is 26.9. The number of hydrogen-bond acceptors (Lipinski definition) is 13. The Bertz CT molecular complexity index is 1140. The number of benzene rings is 1. The maximum Gasteiger partial charge on any atom is 0.264 e. The number of aliphatic hydroxyl groups is 3. The number of rotatable bonds is 12. The average Bonchev–Trinajstić information content (AvgIpc) is 3.48. The van der Waals surface area contributed by atoms with Crippen LogP contribution in [0.4, 0.5) is 5.82 Å². The molecule has 0 spiro atoms. The topological polar surface area (TPSA) is 202 Å². The molecule has 2 aliphatic heterocycles. The molecule has 0 saturated carbocycles. The van der Waals surface area contributed by atoms with E-state index in [1.54, 1.807) is 24.3 Å². The summed E-state index contributed by atoms with van der Waals surface area (Å²) in [5.41, 5.74) is 0.148. The normalized spacial score (nSPS) is 24.2. The molecule has 0 radical (unpaired) electrons. The van der Waals surface area contributed by atoms with Crippen LogP contribution in [0.5, 0.6) is 5.75 Å². The first-order valence-corrected chi connectivity index (χ1v) is 11.7. The van der Waals surface area contributed by atoms with Crippen molar-refractivity contribution in [3.05, 3.63) is 42.4 Å². The fraction of sp³-hybridized carbons (Fsp3) is 0.478. The summed E-state index contributed by atoms with van der Waals surface area (Å²) in [5, 5.41) is 44.5. The zero-order valence-corrected chi connectivity index (χ0v) is 20.2. The first-order chi connectivity index (χ1) is 18.5. The molecule has 0 bridgehead atoms. The van der Waals surface area contributed by atoms with Crippen molar-refractivity contribution < 1.29 is 43.8 Å². The first kappa shape index (κ1) is 27.4. The van der Waals surface area contributed by atoms with Crippen LogP contribution < -0.4 is 15.4 Å². The SMILES string of the molecule is N#CCCOCOCOC1C(O)[C@@H](CO)O[C@H]1n1cnc2c1N=C(NC(=O)COc1ccccc1)NC2O. The summed E-state index contributed by atoms with van der Waals surface area (Å²) >= 11 is 0. The lowest BCUT2D eigenvalue weighted by Crippen LogP contribution is -2.46. The van der Waals surface area contributed by atoms with Gasteiger partial charge in [0.2, 0.25) is 5.96 Å². The summed E-state index contributed by atoms with van der Waals surface area (Å²) in [6, 6.07) is 10.7. The quantitative estimate of drug-likeness (QED) is 0.168. The van der Waals surface area contributed by atoms with Crippen LogP contribution in [0.2, 0.25) is 0 Å². The van der Waals surface area contributed by atoms with Crippen LogP contribution in [0.15, 0.2) is 41.7 Å². The highest BCUT2D eigenvalue weighted by Crippen LogP contribution is 2.37. The van der Waals surface area contributed by atoms with E-state index in [0.717, 1.165) is 0 Å². The molecule has 0 aliphatic carbocycles. The van der Waals surface area contributed by atoms with E-state index in [2.05, 4.69) is 20.6 Å². The number of carbonyl (C=O) groups is 1. The molecule has 15 nitrogen and oxygen atoms in total. The standard InChI is InChI=1S/C23H28N6O9/c24-7-4-8-34-12-35-13-37-19-18(32)15(9-30)38-22(19)29-11-25-17-20(29)27-23(28-21(17)33)26-16(31)10-36-14-5-2-1-3-6-14/h1-3,5-6,11,15,18-19,21-22,30,32-33H,4,8-10,12-13H2,(H2,26,27,28,31)/t15-,18?,19?,21?,22-/m1/s1. The van der Waals surface area contributed by atoms with Crippen molar-refractivity contribution in [2.75, 3.05) is 33.4 Å². The van der Waals surface area contributed by atoms with Crippen LogP contribution in [0.3, 0.4) is 0 Å². The Kier molecular flexibility index (Phi) is 9.56. The van der Waals surface area contributed by atoms with Gasteiger partial charge in [0.1, 0.15) is 43.3 Å². The second kappa shape index (κ2) is 13.3. The fourth-order valence-electron chi connectivity index (χ4n) is 3.77. The number of aromatic nitrogens is 2. The molecule has 1 aromatic heterocycles. The maximum absolute atomic E-state index is 12.4. The van der Waals surface area contributed by atoms with Crippen molar-refractivity contribution in [2.45, 2.75) is 37.2 Å². The van der Waals surface area contributed by atoms with Crippen molar-refractivity contribution >= 4 is 17.7 Å². The number of carbonyl (C=O) groups excluding carboxylic acids is 1. The Balaban J connectivity index is 1.43. The Morgan fingerprint density at radius 1 is 1.24 bits per heavy atom. The molecule has 1 aromatic carbocycles. The second-order valence-corrected chi connectivity index (χ2v) is 8.14. The molecule has 204 valence electrons. The number of amides is 1. The molecule has 15 heteroatoms. The highest BCUT2D eigenvalue weighted by Gasteiger charge is 2.46. The molecule has 1 saturated heterocycles. The minimum Gasteiger partial charge on any atom is -0.484 e. The lowest BCUT2D eigenvalue weighted by Gasteiger charge is -2.25. The van der Waals surface area contributed by atoms with Crippen LogP contribution in [-0.4, -0.2) is 88.5 Å². The molecule has 4 rings (SSSR count). The third-order valence-corrected chi connectivity index (χ3v) is 5.55. The van der Waals surface area contributed by atoms with Gasteiger partial charge in [-0.1, -0.05) is 18.2 Å². The number of nitrogens with one attached hydrogen (secondary N) is 2. The predicted molar refractivity (Wildman–Crippen MR) is 126 cm³/mol. The number of aliphatic hydroxyl groups excluding tert-OH is 3. The predicted octanol–water partition coefficient (Wildman–Crippen LogP) is -0.842. The Labute approximate surface area is 217 Å². The van der Waals surface area contributed by atoms with Gasteiger partial charge in [-0.2, -0.15) is 10.3 Å². The zero-order valence-electron chi connectivity index (χ0n) is 20.2. The van der Waals surface area contributed by atoms with Crippen LogP contribution in [-0.2, 0) is 23.7 Å². The van der Waals surface area contributed by atoms with Gasteiger partial charge in [0, 0.05) is 0 Å². The van der Waals surface area contributed by atoms with Crippen molar-refractivity contribution in [1.29, 1.82) is 5.26 Å². The monoisotopic (exact) mass is 532 g/mol. The smallest absolute Gasteiger partial charge is 0.264 e. The minimum absolute atomic E-state index is 0.0546. The number of imidazole rings is 1. The third-order valence-electron chi connectivity index (χ3n) is 5.55. The minimum atomic E-state index is -1.30. The molecule has 5 N–H and O–H groups in total. The Hall–Kier alpha value is -3.62. The molecule has 3 unspecified atom stereocenters. The van der Waals surface area contributed by atoms with Gasteiger partial charge >= 0.3 is 0 Å². The van der Waals surface area contributed by atoms with Gasteiger partial charge in [-0.05, 0) is 12.1 Å². The molecule has 2 aliphatic rings. The van der Waals surface area contributed by atoms with E-state index in [4.69, 9.17) is 28.9 Å². The van der Waals surface area contributed by atoms with E-state index in [9.17, 15) is 20.1 Å². The lowest BCUT2D eigenvalue weighted by atomic mass is 10.1. The molecule has 2 aromatic rings. The fourth-order valence-corrected chi connectivity index (χ4v) is 3.77. The molecule has 1 fully saturated rings. The van der Waals surface area contributed by atoms with Gasteiger partial charge in [0.05, 0.1) is 32.0 Å². The maximum atomic E-state index is 12.4. The van der Waals surface area contributed by atoms with E-state index in [1.807, 2.05) is 12.1 Å². The van der Waals surface area contributed by atoms with Crippen molar-refractivity contribution in [2.24, 2.45) is 4.99 Å². The second-order valence-electron chi connectivity index (χ2n) is 8.14. The van der Waals surface area contributed by atoms with Crippen LogP contribution in [0.1, 0.15) is 24.6 Å². The average molecular weight is 533 g/mol. The van der Waals surface area contributed by atoms with Crippen LogP contribution >= 0.6 is 0 Å². The van der Waals surface area contributed by atoms with E-state index in [1.165, 1.54) is 10.9 Å². The van der Waals surface area contributed by atoms with Gasteiger partial charge in [-0.25, -0.2) is 4.98 Å². The number of nitrogens with zero attached hydrogens (tertiary/aromatic N) is 4. The lowest BCUT2D eigenvalue weighted by molar-refractivity contribution is -0.174. The van der Waals surface area contributed by atoms with Gasteiger partial charge in [-0.3, -0.25) is 14.7 Å². The van der Waals surface area contributed by atoms with Crippen LogP contribution in [0, 0.1) is 11.3 Å². The number of fused-ring (bicyclic) bond motifs is 1. The van der Waals surface area contributed by atoms with Crippen molar-refractivity contribution in [3.8, 4) is 11.8 Å². The molecular weight excluding hydrogens is 504 g/mol. The number of aliphatic imine (C=N–C) groups is 1. The Morgan fingerprint density at radius 3 is 2.82 bits per heavy atom. The number of ether oxygens (including phenoxy) is 5. The number of guanidine groups is 1. The van der Waals surface area contributed by atoms with E-state index in [0.29, 0.717) is 5.75 Å². The summed E-state index contributed by atoms with van der Waals surface area (Å²) in [5.74, 6) is 0.0763. The van der Waals surface area contributed by atoms with Gasteiger partial charge in [0.25, 0.3) is 5.91 Å². The molecule has 5 atom stereocenters. The number of hydrogen-bond donors (Lipinski definition) is 5. The summed E-state index contributed by atoms with van der Waals surface area (Å²) in [6.45, 7) is -0.978. The number of para-hydroxylation sites is 1. The summed E-state index contributed by atoms with van der Waals surface area (Å²) in [4.78, 5) is 20.9. The van der Waals surface area contributed by atoms with Crippen molar-refractivity contribution in [3.63, 3.8) is 0 Å². The van der Waals surface area contributed by atoms with Gasteiger partial charge in [0.15, 0.2) is 24.9 Å². The van der Waals surface area contributed by atoms with Crippen molar-refractivity contribution in [1.82, 2.24) is 20.2 Å².